The molecule has 4 nitrogen and oxygen atoms in total. The van der Waals surface area contributed by atoms with Crippen molar-refractivity contribution in [2.45, 2.75) is 38.8 Å². The van der Waals surface area contributed by atoms with Crippen LogP contribution in [0.2, 0.25) is 0 Å². The number of nitrogens with zero attached hydrogens (tertiary/aromatic N) is 1. The quantitative estimate of drug-likeness (QED) is 0.892. The van der Waals surface area contributed by atoms with Gasteiger partial charge in [-0.25, -0.2) is 21.5 Å². The Bertz CT molecular complexity index is 651. The summed E-state index contributed by atoms with van der Waals surface area (Å²) >= 11 is 0. The fraction of sp³-hybridized carbons (Fsp3) is 0.625. The lowest BCUT2D eigenvalue weighted by atomic mass is 9.92. The molecule has 1 aromatic carbocycles. The van der Waals surface area contributed by atoms with Crippen LogP contribution in [-0.4, -0.2) is 38.1 Å². The molecule has 0 amide bonds. The topological polar surface area (TPSA) is 49.4 Å². The Kier molecular flexibility index (Phi) is 5.75. The number of sulfonamides is 1. The molecule has 1 heterocycles. The Morgan fingerprint density at radius 2 is 2.09 bits per heavy atom. The number of benzene rings is 1. The van der Waals surface area contributed by atoms with Gasteiger partial charge in [0.2, 0.25) is 10.0 Å². The van der Waals surface area contributed by atoms with Crippen LogP contribution in [0.15, 0.2) is 18.2 Å². The molecule has 7 heteroatoms. The number of piperidine rings is 1. The van der Waals surface area contributed by atoms with Crippen molar-refractivity contribution < 1.29 is 17.2 Å². The molecule has 0 spiro atoms. The highest BCUT2D eigenvalue weighted by Gasteiger charge is 2.31. The van der Waals surface area contributed by atoms with Crippen molar-refractivity contribution in [3.63, 3.8) is 0 Å². The van der Waals surface area contributed by atoms with Crippen LogP contribution < -0.4 is 5.32 Å². The van der Waals surface area contributed by atoms with Crippen LogP contribution in [-0.2, 0) is 10.0 Å². The molecule has 0 aromatic heterocycles. The smallest absolute Gasteiger partial charge is 0.211 e. The molecule has 0 radical (unpaired) electrons. The predicted molar refractivity (Wildman–Crippen MR) is 86.5 cm³/mol. The maximum absolute atomic E-state index is 14.0. The van der Waals surface area contributed by atoms with Gasteiger partial charge in [0.15, 0.2) is 0 Å². The van der Waals surface area contributed by atoms with E-state index in [-0.39, 0.29) is 18.0 Å². The molecule has 0 unspecified atom stereocenters. The summed E-state index contributed by atoms with van der Waals surface area (Å²) in [5.41, 5.74) is 0.451. The molecule has 0 saturated carbocycles. The summed E-state index contributed by atoms with van der Waals surface area (Å²) in [5.74, 6) is -1.02. The average molecular weight is 346 g/mol. The van der Waals surface area contributed by atoms with Gasteiger partial charge in [0.25, 0.3) is 0 Å². The van der Waals surface area contributed by atoms with Crippen LogP contribution in [0, 0.1) is 17.6 Å². The van der Waals surface area contributed by atoms with Crippen molar-refractivity contribution in [3.05, 3.63) is 35.4 Å². The van der Waals surface area contributed by atoms with Crippen LogP contribution in [0.1, 0.15) is 38.3 Å². The third-order valence-corrected chi connectivity index (χ3v) is 5.77. The summed E-state index contributed by atoms with van der Waals surface area (Å²) < 4.78 is 51.8. The number of halogens is 2. The summed E-state index contributed by atoms with van der Waals surface area (Å²) in [6.45, 7) is 4.85. The number of hydrogen-bond acceptors (Lipinski definition) is 3. The van der Waals surface area contributed by atoms with E-state index in [9.17, 15) is 17.2 Å². The van der Waals surface area contributed by atoms with Gasteiger partial charge < -0.3 is 5.32 Å². The third kappa shape index (κ3) is 4.49. The Hall–Kier alpha value is -1.05. The van der Waals surface area contributed by atoms with Gasteiger partial charge in [0.1, 0.15) is 11.6 Å². The van der Waals surface area contributed by atoms with Crippen molar-refractivity contribution >= 4 is 10.0 Å². The zero-order valence-electron chi connectivity index (χ0n) is 13.7. The van der Waals surface area contributed by atoms with E-state index in [1.807, 2.05) is 13.8 Å². The van der Waals surface area contributed by atoms with E-state index < -0.39 is 21.7 Å². The van der Waals surface area contributed by atoms with Gasteiger partial charge in [0.05, 0.1) is 6.26 Å². The Balaban J connectivity index is 2.08. The average Bonchev–Trinajstić information content (AvgIpc) is 2.46. The van der Waals surface area contributed by atoms with Crippen LogP contribution in [0.5, 0.6) is 0 Å². The van der Waals surface area contributed by atoms with E-state index in [0.717, 1.165) is 6.07 Å². The highest BCUT2D eigenvalue weighted by Crippen LogP contribution is 2.26. The standard InChI is InChI=1S/C16H24F2N2O2S/c1-4-15(13-6-5-12(17)9-14(13)18)19-16-7-8-20(10-11(16)2)23(3,21)22/h5-6,9,11,15-16,19H,4,7-8,10H2,1-3H3/t11-,15-,16+/m0/s1. The zero-order chi connectivity index (χ0) is 17.2. The highest BCUT2D eigenvalue weighted by atomic mass is 32.2. The second-order valence-corrected chi connectivity index (χ2v) is 8.27. The molecule has 2 rings (SSSR count). The Morgan fingerprint density at radius 1 is 1.39 bits per heavy atom. The van der Waals surface area contributed by atoms with Crippen molar-refractivity contribution in [1.29, 1.82) is 0 Å². The minimum absolute atomic E-state index is 0.0994. The minimum atomic E-state index is -3.18. The molecule has 130 valence electrons. The van der Waals surface area contributed by atoms with E-state index in [2.05, 4.69) is 5.32 Å². The van der Waals surface area contributed by atoms with Crippen molar-refractivity contribution in [2.75, 3.05) is 19.3 Å². The SMILES string of the molecule is CC[C@H](N[C@@H]1CCN(S(C)(=O)=O)C[C@@H]1C)c1ccc(F)cc1F. The van der Waals surface area contributed by atoms with Gasteiger partial charge in [0, 0.05) is 36.8 Å². The maximum atomic E-state index is 14.0. The summed E-state index contributed by atoms with van der Waals surface area (Å²) in [4.78, 5) is 0. The van der Waals surface area contributed by atoms with Gasteiger partial charge in [-0.3, -0.25) is 0 Å². The van der Waals surface area contributed by atoms with Crippen LogP contribution in [0.4, 0.5) is 8.78 Å². The fourth-order valence-corrected chi connectivity index (χ4v) is 4.07. The number of rotatable bonds is 5. The molecule has 23 heavy (non-hydrogen) atoms. The monoisotopic (exact) mass is 346 g/mol. The second-order valence-electron chi connectivity index (χ2n) is 6.29. The van der Waals surface area contributed by atoms with Gasteiger partial charge >= 0.3 is 0 Å². The van der Waals surface area contributed by atoms with Gasteiger partial charge in [-0.1, -0.05) is 19.9 Å². The first kappa shape index (κ1) is 18.3. The molecule has 1 fully saturated rings. The molecular weight excluding hydrogens is 322 g/mol. The molecule has 1 aromatic rings. The minimum Gasteiger partial charge on any atom is -0.307 e. The largest absolute Gasteiger partial charge is 0.307 e. The fourth-order valence-electron chi connectivity index (χ4n) is 3.13. The molecular formula is C16H24F2N2O2S. The molecule has 1 aliphatic heterocycles. The lowest BCUT2D eigenvalue weighted by molar-refractivity contribution is 0.205. The molecule has 3 atom stereocenters. The van der Waals surface area contributed by atoms with Gasteiger partial charge in [-0.15, -0.1) is 0 Å². The normalized spacial score (nSPS) is 24.6. The van der Waals surface area contributed by atoms with Crippen LogP contribution in [0.25, 0.3) is 0 Å². The first-order valence-corrected chi connectivity index (χ1v) is 9.73. The van der Waals surface area contributed by atoms with E-state index in [0.29, 0.717) is 31.5 Å². The van der Waals surface area contributed by atoms with Crippen molar-refractivity contribution in [1.82, 2.24) is 9.62 Å². The maximum Gasteiger partial charge on any atom is 0.211 e. The predicted octanol–water partition coefficient (Wildman–Crippen LogP) is 2.68. The van der Waals surface area contributed by atoms with Crippen molar-refractivity contribution in [2.24, 2.45) is 5.92 Å². The first-order chi connectivity index (χ1) is 10.7. The number of hydrogen-bond donors (Lipinski definition) is 1. The molecule has 0 aliphatic carbocycles. The summed E-state index contributed by atoms with van der Waals surface area (Å²) in [7, 11) is -3.18. The van der Waals surface area contributed by atoms with Crippen molar-refractivity contribution in [3.8, 4) is 0 Å². The van der Waals surface area contributed by atoms with E-state index in [4.69, 9.17) is 0 Å². The van der Waals surface area contributed by atoms with E-state index >= 15 is 0 Å². The van der Waals surface area contributed by atoms with Gasteiger partial charge in [-0.2, -0.15) is 0 Å². The Morgan fingerprint density at radius 3 is 2.61 bits per heavy atom. The zero-order valence-corrected chi connectivity index (χ0v) is 14.5. The van der Waals surface area contributed by atoms with Gasteiger partial charge in [-0.05, 0) is 24.8 Å². The van der Waals surface area contributed by atoms with Crippen LogP contribution in [0.3, 0.4) is 0 Å². The summed E-state index contributed by atoms with van der Waals surface area (Å²) in [5, 5.41) is 3.42. The molecule has 1 aliphatic rings. The first-order valence-electron chi connectivity index (χ1n) is 7.88. The van der Waals surface area contributed by atoms with Crippen LogP contribution >= 0.6 is 0 Å². The number of nitrogens with one attached hydrogen (secondary N) is 1. The lowest BCUT2D eigenvalue weighted by Gasteiger charge is -2.38. The third-order valence-electron chi connectivity index (χ3n) is 4.50. The second kappa shape index (κ2) is 7.23. The van der Waals surface area contributed by atoms with E-state index in [1.54, 1.807) is 0 Å². The molecule has 1 saturated heterocycles. The molecule has 1 N–H and O–H groups in total. The Labute approximate surface area is 136 Å². The van der Waals surface area contributed by atoms with E-state index in [1.165, 1.54) is 22.7 Å². The summed E-state index contributed by atoms with van der Waals surface area (Å²) in [6, 6.07) is 3.52. The highest BCUT2D eigenvalue weighted by molar-refractivity contribution is 7.88. The lowest BCUT2D eigenvalue weighted by Crippen LogP contribution is -2.50. The molecule has 0 bridgehead atoms. The summed E-state index contributed by atoms with van der Waals surface area (Å²) in [6.07, 6.45) is 2.56.